The summed E-state index contributed by atoms with van der Waals surface area (Å²) in [5.74, 6) is 7.31. The van der Waals surface area contributed by atoms with Gasteiger partial charge in [0.1, 0.15) is 5.78 Å². The molecule has 2 aliphatic rings. The first-order valence-corrected chi connectivity index (χ1v) is 11.2. The van der Waals surface area contributed by atoms with E-state index < -0.39 is 11.4 Å². The summed E-state index contributed by atoms with van der Waals surface area (Å²) in [7, 11) is 1.64. The normalized spacial score (nSPS) is 18.0. The number of ketones is 1. The van der Waals surface area contributed by atoms with Crippen LogP contribution in [0, 0.1) is 11.8 Å². The summed E-state index contributed by atoms with van der Waals surface area (Å²) < 4.78 is 11.8. The highest BCUT2D eigenvalue weighted by Crippen LogP contribution is 2.42. The van der Waals surface area contributed by atoms with Gasteiger partial charge in [0, 0.05) is 18.4 Å². The van der Waals surface area contributed by atoms with E-state index in [9.17, 15) is 14.7 Å². The molecule has 0 amide bonds. The van der Waals surface area contributed by atoms with Crippen molar-refractivity contribution in [3.63, 3.8) is 0 Å². The fraction of sp³-hybridized carbons (Fsp3) is 0.407. The second-order valence-corrected chi connectivity index (χ2v) is 8.65. The Morgan fingerprint density at radius 2 is 1.81 bits per heavy atom. The van der Waals surface area contributed by atoms with Crippen LogP contribution in [-0.4, -0.2) is 30.1 Å². The van der Waals surface area contributed by atoms with Crippen LogP contribution in [0.25, 0.3) is 0 Å². The molecule has 0 radical (unpaired) electrons. The number of Topliss-reactive ketones (excluding diaryl/α,β-unsaturated/α-hetero) is 1. The number of hydrogen-bond acceptors (Lipinski definition) is 4. The summed E-state index contributed by atoms with van der Waals surface area (Å²) in [4.78, 5) is 23.3. The van der Waals surface area contributed by atoms with E-state index in [2.05, 4.69) is 11.8 Å². The zero-order valence-electron chi connectivity index (χ0n) is 18.4. The molecule has 2 aliphatic carbocycles. The molecule has 0 aromatic heterocycles. The van der Waals surface area contributed by atoms with Gasteiger partial charge < -0.3 is 14.6 Å². The smallest absolute Gasteiger partial charge is 0.335 e. The minimum absolute atomic E-state index is 0.202. The number of benzene rings is 2. The Hall–Kier alpha value is -3.26. The van der Waals surface area contributed by atoms with Crippen LogP contribution in [0.3, 0.4) is 0 Å². The van der Waals surface area contributed by atoms with Gasteiger partial charge in [-0.2, -0.15) is 0 Å². The van der Waals surface area contributed by atoms with Crippen molar-refractivity contribution >= 4 is 11.8 Å². The summed E-state index contributed by atoms with van der Waals surface area (Å²) in [6.45, 7) is 0. The molecule has 166 valence electrons. The monoisotopic (exact) mass is 432 g/mol. The number of carbonyl (C=O) groups is 2. The lowest BCUT2D eigenvalue weighted by Crippen LogP contribution is -2.30. The molecule has 5 heteroatoms. The van der Waals surface area contributed by atoms with Crippen LogP contribution in [0.15, 0.2) is 42.5 Å². The summed E-state index contributed by atoms with van der Waals surface area (Å²) in [5, 5.41) is 9.27. The van der Waals surface area contributed by atoms with Gasteiger partial charge in [0.2, 0.25) is 0 Å². The van der Waals surface area contributed by atoms with Crippen molar-refractivity contribution in [3.05, 3.63) is 59.2 Å². The molecule has 0 spiro atoms. The van der Waals surface area contributed by atoms with Gasteiger partial charge in [0.25, 0.3) is 0 Å². The third kappa shape index (κ3) is 4.80. The van der Waals surface area contributed by atoms with Gasteiger partial charge in [-0.25, -0.2) is 4.79 Å². The zero-order chi connectivity index (χ0) is 22.6. The number of hydrogen-bond donors (Lipinski definition) is 1. The van der Waals surface area contributed by atoms with Gasteiger partial charge in [-0.05, 0) is 74.4 Å². The van der Waals surface area contributed by atoms with Crippen LogP contribution in [0.2, 0.25) is 0 Å². The average molecular weight is 433 g/mol. The molecule has 2 aromatic carbocycles. The molecule has 0 aliphatic heterocycles. The van der Waals surface area contributed by atoms with E-state index in [1.165, 1.54) is 12.8 Å². The molecule has 0 atom stereocenters. The minimum atomic E-state index is -0.976. The number of rotatable bonds is 5. The third-order valence-corrected chi connectivity index (χ3v) is 6.53. The van der Waals surface area contributed by atoms with Crippen LogP contribution in [0.4, 0.5) is 0 Å². The molecule has 2 saturated carbocycles. The van der Waals surface area contributed by atoms with E-state index in [4.69, 9.17) is 9.47 Å². The molecular weight excluding hydrogens is 404 g/mol. The highest BCUT2D eigenvalue weighted by Gasteiger charge is 2.36. The van der Waals surface area contributed by atoms with E-state index in [0.717, 1.165) is 24.2 Å². The lowest BCUT2D eigenvalue weighted by atomic mass is 9.69. The number of methoxy groups -OCH3 is 1. The van der Waals surface area contributed by atoms with Crippen molar-refractivity contribution in [2.75, 3.05) is 7.11 Å². The van der Waals surface area contributed by atoms with Crippen molar-refractivity contribution in [3.8, 4) is 23.3 Å². The van der Waals surface area contributed by atoms with Crippen molar-refractivity contribution in [1.29, 1.82) is 0 Å². The Morgan fingerprint density at radius 1 is 1.06 bits per heavy atom. The summed E-state index contributed by atoms with van der Waals surface area (Å²) >= 11 is 0. The summed E-state index contributed by atoms with van der Waals surface area (Å²) in [6.07, 6.45) is 6.88. The van der Waals surface area contributed by atoms with Gasteiger partial charge in [-0.15, -0.1) is 0 Å². The predicted octanol–water partition coefficient (Wildman–Crippen LogP) is 5.15. The van der Waals surface area contributed by atoms with Gasteiger partial charge >= 0.3 is 5.97 Å². The molecule has 0 bridgehead atoms. The van der Waals surface area contributed by atoms with Crippen LogP contribution >= 0.6 is 0 Å². The first-order valence-electron chi connectivity index (χ1n) is 11.2. The minimum Gasteiger partial charge on any atom is -0.493 e. The average Bonchev–Trinajstić information content (AvgIpc) is 3.32. The molecule has 5 nitrogen and oxygen atoms in total. The maximum atomic E-state index is 12.0. The molecule has 1 N–H and O–H groups in total. The zero-order valence-corrected chi connectivity index (χ0v) is 18.4. The SMILES string of the molecule is COc1ccc(C2(C#Cc3cccc(C(=O)O)c3)CCC(=O)CC2)cc1OC1CCCC1. The Bertz CT molecular complexity index is 1060. The Balaban J connectivity index is 1.71. The maximum Gasteiger partial charge on any atom is 0.335 e. The van der Waals surface area contributed by atoms with Crippen LogP contribution in [0.5, 0.6) is 11.5 Å². The van der Waals surface area contributed by atoms with E-state index in [1.54, 1.807) is 25.3 Å². The quantitative estimate of drug-likeness (QED) is 0.662. The topological polar surface area (TPSA) is 72.8 Å². The second kappa shape index (κ2) is 9.48. The van der Waals surface area contributed by atoms with Crippen molar-refractivity contribution in [2.45, 2.75) is 62.9 Å². The Morgan fingerprint density at radius 3 is 2.50 bits per heavy atom. The molecular formula is C27H28O5. The number of carboxylic acid groups (broad SMARTS) is 1. The first-order chi connectivity index (χ1) is 15.5. The molecule has 0 heterocycles. The summed E-state index contributed by atoms with van der Waals surface area (Å²) in [5.41, 5.74) is 1.38. The Labute approximate surface area is 188 Å². The fourth-order valence-corrected chi connectivity index (χ4v) is 4.62. The van der Waals surface area contributed by atoms with Gasteiger partial charge in [-0.1, -0.05) is 24.0 Å². The van der Waals surface area contributed by atoms with Crippen LogP contribution < -0.4 is 9.47 Å². The molecule has 32 heavy (non-hydrogen) atoms. The largest absolute Gasteiger partial charge is 0.493 e. The highest BCUT2D eigenvalue weighted by molar-refractivity contribution is 5.88. The summed E-state index contributed by atoms with van der Waals surface area (Å²) in [6, 6.07) is 12.6. The standard InChI is InChI=1S/C27H28O5/c1-31-24-10-9-21(18-25(24)32-23-7-2-3-8-23)27(15-12-22(28)13-16-27)14-11-19-5-4-6-20(17-19)26(29)30/h4-6,9-10,17-18,23H,2-3,7-8,12-13,15-16H2,1H3,(H,29,30). The predicted molar refractivity (Wildman–Crippen MR) is 121 cm³/mol. The van der Waals surface area contributed by atoms with Crippen molar-refractivity contribution < 1.29 is 24.2 Å². The number of carboxylic acids is 1. The lowest BCUT2D eigenvalue weighted by Gasteiger charge is -2.33. The number of carbonyl (C=O) groups excluding carboxylic acids is 1. The van der Waals surface area contributed by atoms with Crippen LogP contribution in [0.1, 0.15) is 72.9 Å². The Kier molecular flexibility index (Phi) is 6.50. The van der Waals surface area contributed by atoms with E-state index >= 15 is 0 Å². The van der Waals surface area contributed by atoms with Gasteiger partial charge in [0.05, 0.1) is 24.2 Å². The molecule has 2 aromatic rings. The molecule has 4 rings (SSSR count). The highest BCUT2D eigenvalue weighted by atomic mass is 16.5. The molecule has 0 saturated heterocycles. The van der Waals surface area contributed by atoms with Gasteiger partial charge in [-0.3, -0.25) is 4.79 Å². The third-order valence-electron chi connectivity index (χ3n) is 6.53. The fourth-order valence-electron chi connectivity index (χ4n) is 4.62. The first kappa shape index (κ1) is 22.0. The van der Waals surface area contributed by atoms with E-state index in [0.29, 0.717) is 37.0 Å². The van der Waals surface area contributed by atoms with Crippen LogP contribution in [-0.2, 0) is 10.2 Å². The lowest BCUT2D eigenvalue weighted by molar-refractivity contribution is -0.120. The molecule has 2 fully saturated rings. The maximum absolute atomic E-state index is 12.0. The van der Waals surface area contributed by atoms with Crippen molar-refractivity contribution in [1.82, 2.24) is 0 Å². The van der Waals surface area contributed by atoms with Crippen molar-refractivity contribution in [2.24, 2.45) is 0 Å². The van der Waals surface area contributed by atoms with E-state index in [1.807, 2.05) is 24.3 Å². The number of aromatic carboxylic acids is 1. The molecule has 0 unspecified atom stereocenters. The second-order valence-electron chi connectivity index (χ2n) is 8.65. The number of ether oxygens (including phenoxy) is 2. The van der Waals surface area contributed by atoms with E-state index in [-0.39, 0.29) is 17.5 Å². The van der Waals surface area contributed by atoms with Gasteiger partial charge in [0.15, 0.2) is 11.5 Å².